The third-order valence-electron chi connectivity index (χ3n) is 2.83. The van der Waals surface area contributed by atoms with Gasteiger partial charge in [0.2, 0.25) is 0 Å². The number of halogens is 2. The summed E-state index contributed by atoms with van der Waals surface area (Å²) in [7, 11) is 0. The molecule has 0 aromatic carbocycles. The Morgan fingerprint density at radius 3 is 2.95 bits per heavy atom. The topological polar surface area (TPSA) is 52.6 Å². The largest absolute Gasteiger partial charge is 0.433 e. The van der Waals surface area contributed by atoms with Gasteiger partial charge in [0.25, 0.3) is 0 Å². The molecule has 1 fully saturated rings. The summed E-state index contributed by atoms with van der Waals surface area (Å²) in [6, 6.07) is 3.09. The monoisotopic (exact) mass is 288 g/mol. The molecular formula is C13H18F2N2O3. The molecule has 0 spiro atoms. The highest BCUT2D eigenvalue weighted by atomic mass is 19.3. The molecule has 0 radical (unpaired) electrons. The Hall–Kier alpha value is -1.47. The second-order valence-corrected chi connectivity index (χ2v) is 4.62. The number of hydrogen-bond donors (Lipinski definition) is 1. The average molecular weight is 288 g/mol. The number of nitrogens with zero attached hydrogens (tertiary/aromatic N) is 1. The molecule has 1 aromatic rings. The Morgan fingerprint density at radius 2 is 2.35 bits per heavy atom. The van der Waals surface area contributed by atoms with Crippen molar-refractivity contribution in [1.29, 1.82) is 0 Å². The van der Waals surface area contributed by atoms with Crippen LogP contribution in [0.2, 0.25) is 0 Å². The van der Waals surface area contributed by atoms with E-state index in [1.807, 2.05) is 6.92 Å². The molecule has 0 aliphatic carbocycles. The van der Waals surface area contributed by atoms with Crippen molar-refractivity contribution in [2.24, 2.45) is 0 Å². The van der Waals surface area contributed by atoms with Gasteiger partial charge in [0.05, 0.1) is 25.5 Å². The molecule has 0 bridgehead atoms. The molecule has 1 aliphatic heterocycles. The Kier molecular flexibility index (Phi) is 5.49. The van der Waals surface area contributed by atoms with Crippen molar-refractivity contribution in [2.45, 2.75) is 32.1 Å². The minimum Gasteiger partial charge on any atom is -0.433 e. The average Bonchev–Trinajstić information content (AvgIpc) is 2.91. The van der Waals surface area contributed by atoms with Crippen LogP contribution in [0, 0.1) is 0 Å². The second kappa shape index (κ2) is 7.35. The fraction of sp³-hybridized carbons (Fsp3) is 0.615. The van der Waals surface area contributed by atoms with E-state index >= 15 is 0 Å². The normalized spacial score (nSPS) is 20.1. The Morgan fingerprint density at radius 1 is 1.50 bits per heavy atom. The number of pyridine rings is 1. The lowest BCUT2D eigenvalue weighted by atomic mass is 10.3. The van der Waals surface area contributed by atoms with Gasteiger partial charge in [-0.2, -0.15) is 8.78 Å². The first kappa shape index (κ1) is 14.9. The number of rotatable bonds is 7. The van der Waals surface area contributed by atoms with Crippen LogP contribution < -0.4 is 10.1 Å². The minimum absolute atomic E-state index is 0.0394. The van der Waals surface area contributed by atoms with Crippen LogP contribution in [-0.2, 0) is 9.47 Å². The number of anilines is 1. The van der Waals surface area contributed by atoms with Crippen molar-refractivity contribution < 1.29 is 23.0 Å². The predicted octanol–water partition coefficient (Wildman–Crippen LogP) is 2.29. The van der Waals surface area contributed by atoms with Gasteiger partial charge in [-0.1, -0.05) is 0 Å². The number of alkyl halides is 2. The standard InChI is InChI=1S/C13H18F2N2O3/c1-9(7-19-11-4-5-18-8-11)17-12-3-2-10(6-16-12)20-13(14)15/h2-3,6,9,11,13H,4-5,7-8H2,1H3,(H,16,17)/t9-,11-/m1/s1. The van der Waals surface area contributed by atoms with Crippen LogP contribution in [0.5, 0.6) is 5.75 Å². The van der Waals surface area contributed by atoms with Crippen molar-refractivity contribution in [2.75, 3.05) is 25.1 Å². The van der Waals surface area contributed by atoms with Crippen LogP contribution in [0.15, 0.2) is 18.3 Å². The van der Waals surface area contributed by atoms with Crippen molar-refractivity contribution in [1.82, 2.24) is 4.98 Å². The fourth-order valence-corrected chi connectivity index (χ4v) is 1.86. The third-order valence-corrected chi connectivity index (χ3v) is 2.83. The smallest absolute Gasteiger partial charge is 0.387 e. The van der Waals surface area contributed by atoms with Gasteiger partial charge in [-0.05, 0) is 25.5 Å². The SMILES string of the molecule is C[C@H](CO[C@@H]1CCOC1)Nc1ccc(OC(F)F)cn1. The Labute approximate surface area is 116 Å². The van der Waals surface area contributed by atoms with E-state index in [1.165, 1.54) is 12.3 Å². The lowest BCUT2D eigenvalue weighted by Gasteiger charge is -2.17. The summed E-state index contributed by atoms with van der Waals surface area (Å²) in [5.41, 5.74) is 0. The summed E-state index contributed by atoms with van der Waals surface area (Å²) in [5.74, 6) is 0.628. The molecule has 1 N–H and O–H groups in total. The van der Waals surface area contributed by atoms with E-state index in [-0.39, 0.29) is 17.9 Å². The molecule has 5 nitrogen and oxygen atoms in total. The van der Waals surface area contributed by atoms with Crippen molar-refractivity contribution in [3.05, 3.63) is 18.3 Å². The summed E-state index contributed by atoms with van der Waals surface area (Å²) in [4.78, 5) is 4.00. The first-order valence-electron chi connectivity index (χ1n) is 6.50. The number of nitrogens with one attached hydrogen (secondary N) is 1. The molecule has 0 saturated carbocycles. The molecule has 1 saturated heterocycles. The van der Waals surface area contributed by atoms with E-state index in [4.69, 9.17) is 9.47 Å². The van der Waals surface area contributed by atoms with E-state index in [0.29, 0.717) is 19.0 Å². The summed E-state index contributed by atoms with van der Waals surface area (Å²) in [5, 5.41) is 3.13. The molecule has 7 heteroatoms. The maximum Gasteiger partial charge on any atom is 0.387 e. The van der Waals surface area contributed by atoms with Gasteiger partial charge in [0, 0.05) is 12.6 Å². The molecule has 2 heterocycles. The molecule has 20 heavy (non-hydrogen) atoms. The zero-order valence-electron chi connectivity index (χ0n) is 11.2. The lowest BCUT2D eigenvalue weighted by Crippen LogP contribution is -2.26. The quantitative estimate of drug-likeness (QED) is 0.834. The molecule has 1 aliphatic rings. The molecule has 0 amide bonds. The first-order chi connectivity index (χ1) is 9.63. The molecule has 2 atom stereocenters. The Balaban J connectivity index is 1.74. The highest BCUT2D eigenvalue weighted by Gasteiger charge is 2.17. The zero-order chi connectivity index (χ0) is 14.4. The van der Waals surface area contributed by atoms with Gasteiger partial charge in [-0.3, -0.25) is 0 Å². The first-order valence-corrected chi connectivity index (χ1v) is 6.50. The Bertz CT molecular complexity index is 397. The predicted molar refractivity (Wildman–Crippen MR) is 69.1 cm³/mol. The van der Waals surface area contributed by atoms with Crippen LogP contribution in [0.25, 0.3) is 0 Å². The number of aromatic nitrogens is 1. The van der Waals surface area contributed by atoms with E-state index < -0.39 is 6.61 Å². The van der Waals surface area contributed by atoms with Gasteiger partial charge in [-0.25, -0.2) is 4.98 Å². The summed E-state index contributed by atoms with van der Waals surface area (Å²) in [6.45, 7) is 1.05. The highest BCUT2D eigenvalue weighted by molar-refractivity contribution is 5.38. The number of ether oxygens (including phenoxy) is 3. The van der Waals surface area contributed by atoms with E-state index in [9.17, 15) is 8.78 Å². The van der Waals surface area contributed by atoms with Crippen molar-refractivity contribution >= 4 is 5.82 Å². The molecule has 112 valence electrons. The molecule has 2 rings (SSSR count). The van der Waals surface area contributed by atoms with Crippen LogP contribution in [0.1, 0.15) is 13.3 Å². The van der Waals surface area contributed by atoms with Crippen molar-refractivity contribution in [3.63, 3.8) is 0 Å². The van der Waals surface area contributed by atoms with Crippen LogP contribution in [0.3, 0.4) is 0 Å². The second-order valence-electron chi connectivity index (χ2n) is 4.62. The fourth-order valence-electron chi connectivity index (χ4n) is 1.86. The lowest BCUT2D eigenvalue weighted by molar-refractivity contribution is -0.0500. The van der Waals surface area contributed by atoms with Gasteiger partial charge in [-0.15, -0.1) is 0 Å². The zero-order valence-corrected chi connectivity index (χ0v) is 11.2. The maximum absolute atomic E-state index is 12.0. The summed E-state index contributed by atoms with van der Waals surface area (Å²) in [6.07, 6.45) is 2.34. The van der Waals surface area contributed by atoms with Gasteiger partial charge in [0.15, 0.2) is 0 Å². The van der Waals surface area contributed by atoms with Crippen LogP contribution >= 0.6 is 0 Å². The van der Waals surface area contributed by atoms with Crippen molar-refractivity contribution in [3.8, 4) is 5.75 Å². The third kappa shape index (κ3) is 4.90. The maximum atomic E-state index is 12.0. The van der Waals surface area contributed by atoms with Gasteiger partial charge >= 0.3 is 6.61 Å². The van der Waals surface area contributed by atoms with Gasteiger partial charge in [0.1, 0.15) is 11.6 Å². The minimum atomic E-state index is -2.84. The summed E-state index contributed by atoms with van der Waals surface area (Å²) < 4.78 is 39.1. The highest BCUT2D eigenvalue weighted by Crippen LogP contribution is 2.15. The summed E-state index contributed by atoms with van der Waals surface area (Å²) >= 11 is 0. The van der Waals surface area contributed by atoms with Crippen LogP contribution in [0.4, 0.5) is 14.6 Å². The molecular weight excluding hydrogens is 270 g/mol. The molecule has 1 aromatic heterocycles. The number of hydrogen-bond acceptors (Lipinski definition) is 5. The van der Waals surface area contributed by atoms with Gasteiger partial charge < -0.3 is 19.5 Å². The van der Waals surface area contributed by atoms with E-state index in [2.05, 4.69) is 15.0 Å². The van der Waals surface area contributed by atoms with E-state index in [0.717, 1.165) is 13.0 Å². The van der Waals surface area contributed by atoms with E-state index in [1.54, 1.807) is 6.07 Å². The molecule has 0 unspecified atom stereocenters. The van der Waals surface area contributed by atoms with Crippen LogP contribution in [-0.4, -0.2) is 43.6 Å².